The van der Waals surface area contributed by atoms with E-state index in [1.54, 1.807) is 4.90 Å². The summed E-state index contributed by atoms with van der Waals surface area (Å²) in [6.07, 6.45) is -0.300. The van der Waals surface area contributed by atoms with E-state index in [4.69, 9.17) is 15.2 Å². The van der Waals surface area contributed by atoms with Gasteiger partial charge in [-0.05, 0) is 29.2 Å². The van der Waals surface area contributed by atoms with Crippen LogP contribution >= 0.6 is 0 Å². The number of carbonyl (C=O) groups excluding carboxylic acids is 1. The van der Waals surface area contributed by atoms with Gasteiger partial charge in [0, 0.05) is 25.6 Å². The lowest BCUT2D eigenvalue weighted by molar-refractivity contribution is 0.0774. The zero-order valence-corrected chi connectivity index (χ0v) is 15.2. The first kappa shape index (κ1) is 18.4. The summed E-state index contributed by atoms with van der Waals surface area (Å²) < 4.78 is 11.0. The second kappa shape index (κ2) is 8.83. The van der Waals surface area contributed by atoms with Crippen molar-refractivity contribution in [3.8, 4) is 11.1 Å². The van der Waals surface area contributed by atoms with Crippen LogP contribution in [0.3, 0.4) is 0 Å². The first-order valence-electron chi connectivity index (χ1n) is 9.14. The van der Waals surface area contributed by atoms with Crippen LogP contribution in [0.5, 0.6) is 0 Å². The molecule has 0 saturated carbocycles. The molecule has 0 saturated heterocycles. The number of carbonyl (C=O) groups is 1. The Morgan fingerprint density at radius 3 is 2.23 bits per heavy atom. The van der Waals surface area contributed by atoms with Crippen molar-refractivity contribution in [2.45, 2.75) is 12.8 Å². The van der Waals surface area contributed by atoms with Crippen molar-refractivity contribution in [3.63, 3.8) is 0 Å². The second-order valence-electron chi connectivity index (χ2n) is 6.28. The topological polar surface area (TPSA) is 64.8 Å². The molecule has 5 nitrogen and oxygen atoms in total. The summed E-state index contributed by atoms with van der Waals surface area (Å²) in [4.78, 5) is 14.1. The van der Waals surface area contributed by atoms with E-state index in [9.17, 15) is 4.79 Å². The SMILES string of the molecule is CCN(CCOCCN)C(=O)OCC1c2ccccc2-c2ccccc21. The van der Waals surface area contributed by atoms with Crippen molar-refractivity contribution in [1.82, 2.24) is 4.90 Å². The van der Waals surface area contributed by atoms with Gasteiger partial charge >= 0.3 is 6.09 Å². The lowest BCUT2D eigenvalue weighted by atomic mass is 9.98. The summed E-state index contributed by atoms with van der Waals surface area (Å²) >= 11 is 0. The second-order valence-corrected chi connectivity index (χ2v) is 6.28. The third-order valence-electron chi connectivity index (χ3n) is 4.74. The highest BCUT2D eigenvalue weighted by atomic mass is 16.6. The minimum atomic E-state index is -0.300. The van der Waals surface area contributed by atoms with Gasteiger partial charge in [-0.25, -0.2) is 4.79 Å². The van der Waals surface area contributed by atoms with Crippen LogP contribution in [0.1, 0.15) is 24.0 Å². The zero-order chi connectivity index (χ0) is 18.4. The standard InChI is InChI=1S/C21H26N2O3/c1-2-23(12-14-25-13-11-22)21(24)26-15-20-18-9-5-3-7-16(18)17-8-4-6-10-19(17)20/h3-10,20H,2,11-15,22H2,1H3. The quantitative estimate of drug-likeness (QED) is 0.739. The summed E-state index contributed by atoms with van der Waals surface area (Å²) in [6.45, 7) is 4.82. The molecule has 2 aromatic rings. The van der Waals surface area contributed by atoms with E-state index < -0.39 is 0 Å². The number of rotatable bonds is 8. The summed E-state index contributed by atoms with van der Waals surface area (Å²) in [5.74, 6) is 0.0820. The van der Waals surface area contributed by atoms with Gasteiger partial charge in [0.2, 0.25) is 0 Å². The molecule has 0 bridgehead atoms. The minimum absolute atomic E-state index is 0.0820. The molecule has 0 atom stereocenters. The predicted octanol–water partition coefficient (Wildman–Crippen LogP) is 3.23. The zero-order valence-electron chi connectivity index (χ0n) is 15.2. The van der Waals surface area contributed by atoms with Gasteiger partial charge in [-0.2, -0.15) is 0 Å². The summed E-state index contributed by atoms with van der Waals surface area (Å²) in [7, 11) is 0. The Hall–Kier alpha value is -2.37. The van der Waals surface area contributed by atoms with E-state index in [0.717, 1.165) is 0 Å². The highest BCUT2D eigenvalue weighted by Crippen LogP contribution is 2.44. The van der Waals surface area contributed by atoms with Crippen molar-refractivity contribution >= 4 is 6.09 Å². The molecule has 138 valence electrons. The molecule has 1 amide bonds. The maximum absolute atomic E-state index is 12.4. The predicted molar refractivity (Wildman–Crippen MR) is 102 cm³/mol. The average Bonchev–Trinajstić information content (AvgIpc) is 3.00. The van der Waals surface area contributed by atoms with E-state index in [-0.39, 0.29) is 12.0 Å². The van der Waals surface area contributed by atoms with Crippen molar-refractivity contribution in [2.24, 2.45) is 5.73 Å². The van der Waals surface area contributed by atoms with E-state index in [1.807, 2.05) is 31.2 Å². The van der Waals surface area contributed by atoms with Crippen molar-refractivity contribution in [1.29, 1.82) is 0 Å². The number of hydrogen-bond acceptors (Lipinski definition) is 4. The number of likely N-dealkylation sites (N-methyl/N-ethyl adjacent to an activating group) is 1. The van der Waals surface area contributed by atoms with Gasteiger partial charge in [-0.1, -0.05) is 48.5 Å². The Labute approximate surface area is 154 Å². The molecule has 2 aromatic carbocycles. The molecule has 3 rings (SSSR count). The Kier molecular flexibility index (Phi) is 6.26. The van der Waals surface area contributed by atoms with Crippen molar-refractivity contribution in [2.75, 3.05) is 39.5 Å². The van der Waals surface area contributed by atoms with Gasteiger partial charge in [0.25, 0.3) is 0 Å². The van der Waals surface area contributed by atoms with Gasteiger partial charge in [0.1, 0.15) is 6.61 Å². The average molecular weight is 354 g/mol. The molecule has 0 spiro atoms. The lowest BCUT2D eigenvalue weighted by Gasteiger charge is -2.22. The number of amides is 1. The van der Waals surface area contributed by atoms with Crippen LogP contribution in [0.15, 0.2) is 48.5 Å². The molecule has 0 aliphatic heterocycles. The Morgan fingerprint density at radius 2 is 1.65 bits per heavy atom. The normalized spacial score (nSPS) is 12.5. The Balaban J connectivity index is 1.64. The van der Waals surface area contributed by atoms with Crippen LogP contribution in [0.25, 0.3) is 11.1 Å². The molecule has 0 aromatic heterocycles. The molecule has 2 N–H and O–H groups in total. The summed E-state index contributed by atoms with van der Waals surface area (Å²) in [5.41, 5.74) is 10.3. The Morgan fingerprint density at radius 1 is 1.04 bits per heavy atom. The molecule has 1 aliphatic rings. The molecule has 26 heavy (non-hydrogen) atoms. The van der Waals surface area contributed by atoms with Gasteiger partial charge in [0.15, 0.2) is 0 Å². The Bertz CT molecular complexity index is 702. The molecule has 1 aliphatic carbocycles. The van der Waals surface area contributed by atoms with Crippen LogP contribution in [-0.2, 0) is 9.47 Å². The smallest absolute Gasteiger partial charge is 0.409 e. The van der Waals surface area contributed by atoms with E-state index >= 15 is 0 Å². The van der Waals surface area contributed by atoms with Gasteiger partial charge in [-0.15, -0.1) is 0 Å². The molecular weight excluding hydrogens is 328 g/mol. The maximum Gasteiger partial charge on any atom is 0.409 e. The van der Waals surface area contributed by atoms with Crippen molar-refractivity contribution < 1.29 is 14.3 Å². The molecule has 0 heterocycles. The number of benzene rings is 2. The molecule has 0 fully saturated rings. The maximum atomic E-state index is 12.4. The molecule has 5 heteroatoms. The van der Waals surface area contributed by atoms with Gasteiger partial charge in [-0.3, -0.25) is 0 Å². The third-order valence-corrected chi connectivity index (χ3v) is 4.74. The molecule has 0 radical (unpaired) electrons. The largest absolute Gasteiger partial charge is 0.448 e. The summed E-state index contributed by atoms with van der Waals surface area (Å²) in [6, 6.07) is 16.7. The van der Waals surface area contributed by atoms with Crippen LogP contribution in [-0.4, -0.2) is 50.4 Å². The van der Waals surface area contributed by atoms with Crippen LogP contribution in [0.2, 0.25) is 0 Å². The fourth-order valence-corrected chi connectivity index (χ4v) is 3.42. The number of ether oxygens (including phenoxy) is 2. The highest BCUT2D eigenvalue weighted by Gasteiger charge is 2.29. The minimum Gasteiger partial charge on any atom is -0.448 e. The van der Waals surface area contributed by atoms with Crippen LogP contribution in [0.4, 0.5) is 4.79 Å². The third kappa shape index (κ3) is 3.89. The number of fused-ring (bicyclic) bond motifs is 3. The molecular formula is C21H26N2O3. The van der Waals surface area contributed by atoms with Gasteiger partial charge in [0.05, 0.1) is 13.2 Å². The summed E-state index contributed by atoms with van der Waals surface area (Å²) in [5, 5.41) is 0. The van der Waals surface area contributed by atoms with Crippen LogP contribution < -0.4 is 5.73 Å². The van der Waals surface area contributed by atoms with Crippen LogP contribution in [0, 0.1) is 0 Å². The fraction of sp³-hybridized carbons (Fsp3) is 0.381. The van der Waals surface area contributed by atoms with Gasteiger partial charge < -0.3 is 20.1 Å². The lowest BCUT2D eigenvalue weighted by Crippen LogP contribution is -2.35. The fourth-order valence-electron chi connectivity index (χ4n) is 3.42. The van der Waals surface area contributed by atoms with Crippen molar-refractivity contribution in [3.05, 3.63) is 59.7 Å². The number of hydrogen-bond donors (Lipinski definition) is 1. The highest BCUT2D eigenvalue weighted by molar-refractivity contribution is 5.79. The van der Waals surface area contributed by atoms with E-state index in [1.165, 1.54) is 22.3 Å². The van der Waals surface area contributed by atoms with E-state index in [2.05, 4.69) is 24.3 Å². The first-order chi connectivity index (χ1) is 12.8. The molecule has 0 unspecified atom stereocenters. The monoisotopic (exact) mass is 354 g/mol. The number of nitrogens with zero attached hydrogens (tertiary/aromatic N) is 1. The first-order valence-corrected chi connectivity index (χ1v) is 9.14. The van der Waals surface area contributed by atoms with E-state index in [0.29, 0.717) is 39.5 Å². The number of nitrogens with two attached hydrogens (primary N) is 1.